The molecule has 2 saturated heterocycles. The Morgan fingerprint density at radius 2 is 1.91 bits per heavy atom. The number of aromatic nitrogens is 2. The van der Waals surface area contributed by atoms with E-state index in [0.717, 1.165) is 34.8 Å². The lowest BCUT2D eigenvalue weighted by Gasteiger charge is -2.33. The van der Waals surface area contributed by atoms with Crippen LogP contribution in [0.1, 0.15) is 62.0 Å². The van der Waals surface area contributed by atoms with Gasteiger partial charge in [-0.1, -0.05) is 6.92 Å². The van der Waals surface area contributed by atoms with Gasteiger partial charge in [-0.15, -0.1) is 0 Å². The first-order valence-electron chi connectivity index (χ1n) is 11.8. The molecule has 1 spiro atoms. The van der Waals surface area contributed by atoms with Crippen molar-refractivity contribution in [2.75, 3.05) is 25.1 Å². The molecule has 1 atom stereocenters. The fraction of sp³-hybridized carbons (Fsp3) is 0.727. The molecule has 2 aliphatic heterocycles. The van der Waals surface area contributed by atoms with Crippen LogP contribution in [0.5, 0.6) is 0 Å². The smallest absolute Gasteiger partial charge is 0.322 e. The average molecular weight is 495 g/mol. The highest BCUT2D eigenvalue weighted by molar-refractivity contribution is 7.91. The van der Waals surface area contributed by atoms with Crippen LogP contribution in [0.4, 0.5) is 4.79 Å². The zero-order valence-electron chi connectivity index (χ0n) is 20.3. The quantitative estimate of drug-likeness (QED) is 0.559. The van der Waals surface area contributed by atoms with E-state index in [9.17, 15) is 22.8 Å². The largest absolute Gasteiger partial charge is 0.344 e. The second-order valence-corrected chi connectivity index (χ2v) is 12.4. The summed E-state index contributed by atoms with van der Waals surface area (Å²) in [4.78, 5) is 39.8. The van der Waals surface area contributed by atoms with E-state index in [1.165, 1.54) is 0 Å². The van der Waals surface area contributed by atoms with Crippen LogP contribution in [0.15, 0.2) is 0 Å². The lowest BCUT2D eigenvalue weighted by molar-refractivity contribution is -0.140. The molecule has 3 aliphatic rings. The van der Waals surface area contributed by atoms with E-state index in [2.05, 4.69) is 22.8 Å². The summed E-state index contributed by atoms with van der Waals surface area (Å²) in [6, 6.07) is -0.754. The number of nitrogens with zero attached hydrogens (tertiary/aromatic N) is 4. The molecule has 0 aromatic carbocycles. The minimum atomic E-state index is -3.03. The first kappa shape index (κ1) is 24.6. The number of hydrazine groups is 1. The van der Waals surface area contributed by atoms with Crippen molar-refractivity contribution in [2.24, 2.45) is 5.92 Å². The van der Waals surface area contributed by atoms with Gasteiger partial charge in [-0.3, -0.25) is 24.6 Å². The van der Waals surface area contributed by atoms with E-state index in [-0.39, 0.29) is 30.0 Å². The normalized spacial score (nSPS) is 28.7. The van der Waals surface area contributed by atoms with Crippen molar-refractivity contribution in [2.45, 2.75) is 71.0 Å². The maximum Gasteiger partial charge on any atom is 0.344 e. The molecule has 12 heteroatoms. The van der Waals surface area contributed by atoms with Gasteiger partial charge in [0, 0.05) is 17.8 Å². The molecule has 0 bridgehead atoms. The van der Waals surface area contributed by atoms with Gasteiger partial charge in [0.25, 0.3) is 11.8 Å². The number of aryl methyl sites for hydroxylation is 1. The molecule has 3 heterocycles. The first-order valence-corrected chi connectivity index (χ1v) is 13.6. The lowest BCUT2D eigenvalue weighted by atomic mass is 9.77. The van der Waals surface area contributed by atoms with Crippen LogP contribution < -0.4 is 10.7 Å². The monoisotopic (exact) mass is 494 g/mol. The molecular weight excluding hydrogens is 460 g/mol. The Hall–Kier alpha value is -2.47. The van der Waals surface area contributed by atoms with Gasteiger partial charge < -0.3 is 5.32 Å². The Bertz CT molecular complexity index is 1110. The third-order valence-corrected chi connectivity index (χ3v) is 9.15. The number of carbonyl (C=O) groups is 3. The summed E-state index contributed by atoms with van der Waals surface area (Å²) in [7, 11) is -1.26. The summed E-state index contributed by atoms with van der Waals surface area (Å²) >= 11 is 0. The van der Waals surface area contributed by atoms with Gasteiger partial charge in [-0.25, -0.2) is 13.2 Å². The van der Waals surface area contributed by atoms with Gasteiger partial charge in [0.05, 0.1) is 29.8 Å². The van der Waals surface area contributed by atoms with Crippen molar-refractivity contribution in [3.63, 3.8) is 0 Å². The third-order valence-electron chi connectivity index (χ3n) is 7.40. The van der Waals surface area contributed by atoms with E-state index in [4.69, 9.17) is 0 Å². The van der Waals surface area contributed by atoms with Crippen LogP contribution in [-0.4, -0.2) is 76.6 Å². The summed E-state index contributed by atoms with van der Waals surface area (Å²) in [5, 5.41) is 8.18. The SMILES string of the molecule is Cc1nn([C@@H]2CCS(=O)(=O)C2)c(C)c1CN(C)CC(=O)NN1C(=O)NC2(CCC(C)CC2)C1=O. The number of nitrogens with one attached hydrogen (secondary N) is 2. The Morgan fingerprint density at radius 3 is 2.53 bits per heavy atom. The van der Waals surface area contributed by atoms with E-state index in [1.807, 2.05) is 13.8 Å². The minimum Gasteiger partial charge on any atom is -0.322 e. The summed E-state index contributed by atoms with van der Waals surface area (Å²) in [6.45, 7) is 6.31. The molecule has 0 radical (unpaired) electrons. The third kappa shape index (κ3) is 4.70. The highest BCUT2D eigenvalue weighted by Gasteiger charge is 2.52. The fourth-order valence-corrected chi connectivity index (χ4v) is 6.99. The maximum absolute atomic E-state index is 12.9. The number of imide groups is 1. The molecule has 1 aliphatic carbocycles. The Labute approximate surface area is 200 Å². The predicted molar refractivity (Wildman–Crippen MR) is 124 cm³/mol. The Balaban J connectivity index is 1.36. The number of rotatable bonds is 6. The summed E-state index contributed by atoms with van der Waals surface area (Å²) in [5.41, 5.74) is 4.17. The van der Waals surface area contributed by atoms with E-state index in [0.29, 0.717) is 31.7 Å². The second kappa shape index (κ2) is 8.95. The maximum atomic E-state index is 12.9. The summed E-state index contributed by atoms with van der Waals surface area (Å²) < 4.78 is 25.5. The number of carbonyl (C=O) groups excluding carboxylic acids is 3. The van der Waals surface area contributed by atoms with Crippen molar-refractivity contribution in [1.29, 1.82) is 0 Å². The van der Waals surface area contributed by atoms with Crippen LogP contribution >= 0.6 is 0 Å². The van der Waals surface area contributed by atoms with Crippen molar-refractivity contribution >= 4 is 27.7 Å². The first-order chi connectivity index (χ1) is 15.9. The molecule has 0 unspecified atom stereocenters. The molecule has 3 fully saturated rings. The van der Waals surface area contributed by atoms with Crippen LogP contribution in [0.2, 0.25) is 0 Å². The highest BCUT2D eigenvalue weighted by Crippen LogP contribution is 2.35. The van der Waals surface area contributed by atoms with Crippen LogP contribution in [-0.2, 0) is 26.0 Å². The number of sulfone groups is 1. The molecule has 4 amide bonds. The van der Waals surface area contributed by atoms with Crippen molar-refractivity contribution in [3.8, 4) is 0 Å². The summed E-state index contributed by atoms with van der Waals surface area (Å²) in [6.07, 6.45) is 3.42. The van der Waals surface area contributed by atoms with Crippen molar-refractivity contribution in [3.05, 3.63) is 17.0 Å². The molecule has 1 aromatic rings. The zero-order valence-corrected chi connectivity index (χ0v) is 21.1. The second-order valence-electron chi connectivity index (χ2n) is 10.2. The van der Waals surface area contributed by atoms with Crippen LogP contribution in [0.25, 0.3) is 0 Å². The number of urea groups is 1. The summed E-state index contributed by atoms with van der Waals surface area (Å²) in [5.74, 6) is -0.0632. The molecule has 1 aromatic heterocycles. The predicted octanol–water partition coefficient (Wildman–Crippen LogP) is 0.823. The Kier molecular flexibility index (Phi) is 6.49. The van der Waals surface area contributed by atoms with E-state index < -0.39 is 27.3 Å². The molecule has 11 nitrogen and oxygen atoms in total. The molecule has 34 heavy (non-hydrogen) atoms. The number of hydrogen-bond donors (Lipinski definition) is 2. The van der Waals surface area contributed by atoms with Gasteiger partial charge in [0.1, 0.15) is 5.54 Å². The molecule has 4 rings (SSSR count). The van der Waals surface area contributed by atoms with Crippen molar-refractivity contribution < 1.29 is 22.8 Å². The number of hydrogen-bond acceptors (Lipinski definition) is 7. The number of likely N-dealkylation sites (N-methyl/N-ethyl adjacent to an activating group) is 1. The van der Waals surface area contributed by atoms with Gasteiger partial charge in [-0.2, -0.15) is 10.1 Å². The average Bonchev–Trinajstić information content (AvgIpc) is 3.33. The standard InChI is InChI=1S/C22H34N6O5S/c1-14-5-8-22(9-6-14)20(30)28(21(31)23-22)25-19(29)12-26(4)11-18-15(2)24-27(16(18)3)17-7-10-34(32,33)13-17/h14,17H,5-13H2,1-4H3,(H,23,31)(H,25,29)/t14?,17-,22?/m1/s1. The van der Waals surface area contributed by atoms with Gasteiger partial charge in [-0.05, 0) is 58.9 Å². The molecule has 188 valence electrons. The van der Waals surface area contributed by atoms with Gasteiger partial charge >= 0.3 is 6.03 Å². The van der Waals surface area contributed by atoms with E-state index in [1.54, 1.807) is 16.6 Å². The lowest BCUT2D eigenvalue weighted by Crippen LogP contribution is -2.52. The number of amides is 4. The Morgan fingerprint density at radius 1 is 1.24 bits per heavy atom. The van der Waals surface area contributed by atoms with Gasteiger partial charge in [0.15, 0.2) is 9.84 Å². The highest BCUT2D eigenvalue weighted by atomic mass is 32.2. The topological polar surface area (TPSA) is 134 Å². The zero-order chi connectivity index (χ0) is 24.8. The minimum absolute atomic E-state index is 0.0248. The van der Waals surface area contributed by atoms with E-state index >= 15 is 0 Å². The van der Waals surface area contributed by atoms with Crippen LogP contribution in [0, 0.1) is 19.8 Å². The van der Waals surface area contributed by atoms with Gasteiger partial charge in [0.2, 0.25) is 0 Å². The fourth-order valence-electron chi connectivity index (χ4n) is 5.30. The molecular formula is C22H34N6O5S. The van der Waals surface area contributed by atoms with Crippen LogP contribution in [0.3, 0.4) is 0 Å². The molecule has 1 saturated carbocycles. The van der Waals surface area contributed by atoms with Crippen molar-refractivity contribution in [1.82, 2.24) is 30.4 Å². The molecule has 2 N–H and O–H groups in total.